The molecule has 0 amide bonds. The van der Waals surface area contributed by atoms with E-state index in [9.17, 15) is 0 Å². The molecule has 2 rings (SSSR count). The van der Waals surface area contributed by atoms with Crippen molar-refractivity contribution in [1.82, 2.24) is 4.98 Å². The van der Waals surface area contributed by atoms with Gasteiger partial charge in [0.25, 0.3) is 0 Å². The van der Waals surface area contributed by atoms with Crippen LogP contribution in [0.15, 0.2) is 47.1 Å². The molecular weight excluding hydrogens is 322 g/mol. The number of rotatable bonds is 3. The fourth-order valence-electron chi connectivity index (χ4n) is 1.67. The first-order chi connectivity index (χ1) is 9.19. The van der Waals surface area contributed by atoms with E-state index in [-0.39, 0.29) is 0 Å². The molecule has 0 fully saturated rings. The fourth-order valence-corrected chi connectivity index (χ4v) is 2.12. The summed E-state index contributed by atoms with van der Waals surface area (Å²) in [5.41, 5.74) is 2.26. The maximum Gasteiger partial charge on any atom is 0.176 e. The van der Waals surface area contributed by atoms with E-state index in [0.717, 1.165) is 22.4 Å². The summed E-state index contributed by atoms with van der Waals surface area (Å²) >= 11 is 8.63. The number of halogens is 1. The first-order valence-electron chi connectivity index (χ1n) is 5.96. The van der Waals surface area contributed by atoms with Crippen LogP contribution in [0.1, 0.15) is 12.5 Å². The Morgan fingerprint density at radius 2 is 2.00 bits per heavy atom. The SMILES string of the molecule is CCc1ccccc1NC(=S)Nc1ccc(Br)cn1. The molecule has 0 atom stereocenters. The van der Waals surface area contributed by atoms with Crippen molar-refractivity contribution < 1.29 is 0 Å². The third kappa shape index (κ3) is 4.01. The minimum atomic E-state index is 0.538. The van der Waals surface area contributed by atoms with Gasteiger partial charge in [-0.15, -0.1) is 0 Å². The lowest BCUT2D eigenvalue weighted by molar-refractivity contribution is 1.14. The van der Waals surface area contributed by atoms with Crippen LogP contribution in [-0.2, 0) is 6.42 Å². The highest BCUT2D eigenvalue weighted by Gasteiger charge is 2.03. The zero-order valence-electron chi connectivity index (χ0n) is 10.5. The summed E-state index contributed by atoms with van der Waals surface area (Å²) in [4.78, 5) is 4.22. The molecule has 0 aliphatic carbocycles. The van der Waals surface area contributed by atoms with Gasteiger partial charge in [-0.3, -0.25) is 0 Å². The van der Waals surface area contributed by atoms with Crippen molar-refractivity contribution in [2.45, 2.75) is 13.3 Å². The van der Waals surface area contributed by atoms with Crippen molar-refractivity contribution in [2.75, 3.05) is 10.6 Å². The van der Waals surface area contributed by atoms with Gasteiger partial charge >= 0.3 is 0 Å². The van der Waals surface area contributed by atoms with Crippen molar-refractivity contribution >= 4 is 44.8 Å². The van der Waals surface area contributed by atoms with Crippen LogP contribution in [0.5, 0.6) is 0 Å². The van der Waals surface area contributed by atoms with Crippen molar-refractivity contribution in [3.8, 4) is 0 Å². The normalized spacial score (nSPS) is 10.0. The topological polar surface area (TPSA) is 37.0 Å². The zero-order valence-corrected chi connectivity index (χ0v) is 12.9. The molecular formula is C14H14BrN3S. The van der Waals surface area contributed by atoms with Crippen LogP contribution in [0.4, 0.5) is 11.5 Å². The molecule has 0 radical (unpaired) electrons. The highest BCUT2D eigenvalue weighted by molar-refractivity contribution is 9.10. The van der Waals surface area contributed by atoms with Crippen LogP contribution >= 0.6 is 28.1 Å². The van der Waals surface area contributed by atoms with Gasteiger partial charge in [0.15, 0.2) is 5.11 Å². The van der Waals surface area contributed by atoms with Crippen molar-refractivity contribution in [3.63, 3.8) is 0 Å². The van der Waals surface area contributed by atoms with Gasteiger partial charge in [0.05, 0.1) is 0 Å². The van der Waals surface area contributed by atoms with Crippen LogP contribution in [0.2, 0.25) is 0 Å². The highest BCUT2D eigenvalue weighted by atomic mass is 79.9. The smallest absolute Gasteiger partial charge is 0.176 e. The number of nitrogens with one attached hydrogen (secondary N) is 2. The Morgan fingerprint density at radius 3 is 2.68 bits per heavy atom. The molecule has 1 aromatic heterocycles. The minimum Gasteiger partial charge on any atom is -0.332 e. The average Bonchev–Trinajstić information content (AvgIpc) is 2.42. The fraction of sp³-hybridized carbons (Fsp3) is 0.143. The summed E-state index contributed by atoms with van der Waals surface area (Å²) in [7, 11) is 0. The molecule has 0 aliphatic rings. The first kappa shape index (κ1) is 14.0. The Kier molecular flexibility index (Phi) is 4.87. The van der Waals surface area contributed by atoms with E-state index in [1.807, 2.05) is 30.3 Å². The molecule has 0 spiro atoms. The summed E-state index contributed by atoms with van der Waals surface area (Å²) in [5, 5.41) is 6.79. The molecule has 0 bridgehead atoms. The van der Waals surface area contributed by atoms with E-state index in [2.05, 4.69) is 44.5 Å². The number of aromatic nitrogens is 1. The quantitative estimate of drug-likeness (QED) is 0.823. The van der Waals surface area contributed by atoms with Gasteiger partial charge in [0.2, 0.25) is 0 Å². The van der Waals surface area contributed by atoms with E-state index >= 15 is 0 Å². The van der Waals surface area contributed by atoms with Gasteiger partial charge in [-0.05, 0) is 58.3 Å². The van der Waals surface area contributed by atoms with Crippen LogP contribution in [0.25, 0.3) is 0 Å². The Bertz CT molecular complexity index is 569. The number of anilines is 2. The van der Waals surface area contributed by atoms with Crippen molar-refractivity contribution in [2.24, 2.45) is 0 Å². The van der Waals surface area contributed by atoms with Gasteiger partial charge in [0.1, 0.15) is 5.82 Å². The van der Waals surface area contributed by atoms with Gasteiger partial charge in [-0.2, -0.15) is 0 Å². The standard InChI is InChI=1S/C14H14BrN3S/c1-2-10-5-3-4-6-12(10)17-14(19)18-13-8-7-11(15)9-16-13/h3-9H,2H2,1H3,(H2,16,17,18,19). The van der Waals surface area contributed by atoms with E-state index in [1.165, 1.54) is 5.56 Å². The molecule has 0 saturated carbocycles. The molecule has 2 aromatic rings. The summed E-state index contributed by atoms with van der Waals surface area (Å²) in [6.07, 6.45) is 2.69. The Morgan fingerprint density at radius 1 is 1.21 bits per heavy atom. The van der Waals surface area contributed by atoms with Crippen LogP contribution in [-0.4, -0.2) is 10.1 Å². The molecule has 98 valence electrons. The zero-order chi connectivity index (χ0) is 13.7. The Balaban J connectivity index is 2.03. The van der Waals surface area contributed by atoms with E-state index in [0.29, 0.717) is 5.11 Å². The number of aryl methyl sites for hydroxylation is 1. The van der Waals surface area contributed by atoms with Gasteiger partial charge in [0, 0.05) is 16.4 Å². The second-order valence-corrected chi connectivity index (χ2v) is 5.28. The summed E-state index contributed by atoms with van der Waals surface area (Å²) in [6.45, 7) is 2.12. The van der Waals surface area contributed by atoms with E-state index in [4.69, 9.17) is 12.2 Å². The summed E-state index contributed by atoms with van der Waals surface area (Å²) in [6, 6.07) is 11.9. The van der Waals surface area contributed by atoms with Gasteiger partial charge < -0.3 is 10.6 Å². The maximum absolute atomic E-state index is 5.28. The lowest BCUT2D eigenvalue weighted by atomic mass is 10.1. The number of pyridine rings is 1. The Labute approximate surface area is 126 Å². The molecule has 2 N–H and O–H groups in total. The third-order valence-corrected chi connectivity index (χ3v) is 3.29. The van der Waals surface area contributed by atoms with Crippen LogP contribution in [0, 0.1) is 0 Å². The van der Waals surface area contributed by atoms with Gasteiger partial charge in [-0.25, -0.2) is 4.98 Å². The molecule has 1 aromatic carbocycles. The number of hydrogen-bond acceptors (Lipinski definition) is 2. The number of thiocarbonyl (C=S) groups is 1. The molecule has 0 aliphatic heterocycles. The maximum atomic E-state index is 5.28. The summed E-state index contributed by atoms with van der Waals surface area (Å²) < 4.78 is 0.938. The monoisotopic (exact) mass is 335 g/mol. The first-order valence-corrected chi connectivity index (χ1v) is 7.16. The second kappa shape index (κ2) is 6.63. The molecule has 0 unspecified atom stereocenters. The lowest BCUT2D eigenvalue weighted by Crippen LogP contribution is -2.20. The average molecular weight is 336 g/mol. The summed E-state index contributed by atoms with van der Waals surface area (Å²) in [5.74, 6) is 0.717. The molecule has 1 heterocycles. The second-order valence-electron chi connectivity index (χ2n) is 3.95. The molecule has 0 saturated heterocycles. The van der Waals surface area contributed by atoms with Crippen LogP contribution in [0.3, 0.4) is 0 Å². The number of benzene rings is 1. The Hall–Kier alpha value is -1.46. The lowest BCUT2D eigenvalue weighted by Gasteiger charge is -2.12. The van der Waals surface area contributed by atoms with Crippen molar-refractivity contribution in [1.29, 1.82) is 0 Å². The predicted molar refractivity (Wildman–Crippen MR) is 87.6 cm³/mol. The van der Waals surface area contributed by atoms with E-state index in [1.54, 1.807) is 6.20 Å². The van der Waals surface area contributed by atoms with E-state index < -0.39 is 0 Å². The van der Waals surface area contributed by atoms with Gasteiger partial charge in [-0.1, -0.05) is 25.1 Å². The molecule has 5 heteroatoms. The molecule has 19 heavy (non-hydrogen) atoms. The molecule has 3 nitrogen and oxygen atoms in total. The third-order valence-electron chi connectivity index (χ3n) is 2.62. The highest BCUT2D eigenvalue weighted by Crippen LogP contribution is 2.16. The minimum absolute atomic E-state index is 0.538. The van der Waals surface area contributed by atoms with Crippen LogP contribution < -0.4 is 10.6 Å². The largest absolute Gasteiger partial charge is 0.332 e. The number of hydrogen-bond donors (Lipinski definition) is 2. The number of para-hydroxylation sites is 1. The predicted octanol–water partition coefficient (Wildman–Crippen LogP) is 4.22. The van der Waals surface area contributed by atoms with Crippen molar-refractivity contribution in [3.05, 3.63) is 52.6 Å². The number of nitrogens with zero attached hydrogens (tertiary/aromatic N) is 1.